The van der Waals surface area contributed by atoms with Crippen LogP contribution in [-0.4, -0.2) is 15.7 Å². The number of hydrogen-bond acceptors (Lipinski definition) is 4. The summed E-state index contributed by atoms with van der Waals surface area (Å²) in [5.41, 5.74) is 1.56. The molecule has 0 unspecified atom stereocenters. The van der Waals surface area contributed by atoms with Gasteiger partial charge in [0.1, 0.15) is 5.82 Å². The van der Waals surface area contributed by atoms with Gasteiger partial charge in [-0.15, -0.1) is 0 Å². The molecule has 2 rings (SSSR count). The number of nitrogens with zero attached hydrogens (tertiary/aromatic N) is 3. The number of anilines is 1. The van der Waals surface area contributed by atoms with Crippen LogP contribution in [0.25, 0.3) is 0 Å². The first-order chi connectivity index (χ1) is 9.11. The Morgan fingerprint density at radius 3 is 3.00 bits per heavy atom. The van der Waals surface area contributed by atoms with Crippen molar-refractivity contribution in [1.82, 2.24) is 9.78 Å². The summed E-state index contributed by atoms with van der Waals surface area (Å²) in [6.45, 7) is 4.07. The quantitative estimate of drug-likeness (QED) is 0.911. The van der Waals surface area contributed by atoms with E-state index in [1.807, 2.05) is 6.92 Å². The lowest BCUT2D eigenvalue weighted by Crippen LogP contribution is -2.16. The van der Waals surface area contributed by atoms with Crippen molar-refractivity contribution in [2.45, 2.75) is 26.8 Å². The molecule has 0 radical (unpaired) electrons. The minimum Gasteiger partial charge on any atom is -0.459 e. The van der Waals surface area contributed by atoms with Gasteiger partial charge in [-0.25, -0.2) is 4.68 Å². The van der Waals surface area contributed by atoms with Crippen molar-refractivity contribution in [1.29, 1.82) is 5.26 Å². The molecule has 1 N–H and O–H groups in total. The summed E-state index contributed by atoms with van der Waals surface area (Å²) in [4.78, 5) is 12.0. The Morgan fingerprint density at radius 2 is 2.37 bits per heavy atom. The largest absolute Gasteiger partial charge is 0.459 e. The average molecular weight is 258 g/mol. The van der Waals surface area contributed by atoms with Gasteiger partial charge in [0.05, 0.1) is 31.0 Å². The molecular weight excluding hydrogens is 244 g/mol. The Balaban J connectivity index is 2.17. The average Bonchev–Trinajstić information content (AvgIpc) is 2.93. The molecule has 19 heavy (non-hydrogen) atoms. The fourth-order valence-electron chi connectivity index (χ4n) is 1.75. The molecule has 6 heteroatoms. The van der Waals surface area contributed by atoms with Crippen molar-refractivity contribution < 1.29 is 9.21 Å². The molecule has 0 atom stereocenters. The third-order valence-electron chi connectivity index (χ3n) is 2.65. The number of nitrogens with one attached hydrogen (secondary N) is 1. The molecule has 2 aromatic heterocycles. The molecule has 0 spiro atoms. The Hall–Kier alpha value is -2.55. The zero-order chi connectivity index (χ0) is 13.8. The third-order valence-corrected chi connectivity index (χ3v) is 2.65. The van der Waals surface area contributed by atoms with Gasteiger partial charge in [-0.05, 0) is 19.9 Å². The van der Waals surface area contributed by atoms with Gasteiger partial charge in [-0.2, -0.15) is 10.4 Å². The summed E-state index contributed by atoms with van der Waals surface area (Å²) in [6.07, 6.45) is 1.81. The van der Waals surface area contributed by atoms with Gasteiger partial charge in [0.25, 0.3) is 5.91 Å². The van der Waals surface area contributed by atoms with Crippen LogP contribution in [-0.2, 0) is 6.54 Å². The molecule has 0 fully saturated rings. The highest BCUT2D eigenvalue weighted by molar-refractivity contribution is 6.02. The summed E-state index contributed by atoms with van der Waals surface area (Å²) < 4.78 is 6.74. The lowest BCUT2D eigenvalue weighted by molar-refractivity contribution is 0.0995. The van der Waals surface area contributed by atoms with Crippen LogP contribution in [0.5, 0.6) is 0 Å². The van der Waals surface area contributed by atoms with Gasteiger partial charge < -0.3 is 9.73 Å². The van der Waals surface area contributed by atoms with Crippen LogP contribution >= 0.6 is 0 Å². The Labute approximate surface area is 110 Å². The first-order valence-corrected chi connectivity index (χ1v) is 5.88. The van der Waals surface area contributed by atoms with E-state index in [9.17, 15) is 4.79 Å². The highest BCUT2D eigenvalue weighted by Crippen LogP contribution is 2.15. The molecule has 0 bridgehead atoms. The number of carbonyl (C=O) groups is 1. The summed E-state index contributed by atoms with van der Waals surface area (Å²) in [7, 11) is 0. The molecule has 0 saturated carbocycles. The number of nitriles is 1. The van der Waals surface area contributed by atoms with Gasteiger partial charge in [0.2, 0.25) is 0 Å². The third kappa shape index (κ3) is 2.83. The maximum absolute atomic E-state index is 12.0. The molecule has 1 amide bonds. The van der Waals surface area contributed by atoms with Crippen molar-refractivity contribution in [3.8, 4) is 6.07 Å². The SMILES string of the molecule is Cc1cc(NC(=O)c2occc2C)n(CCC#N)n1. The number of hydrogen-bond donors (Lipinski definition) is 1. The predicted octanol–water partition coefficient (Wildman–Crippen LogP) is 2.26. The fraction of sp³-hybridized carbons (Fsp3) is 0.308. The molecule has 2 aromatic rings. The van der Waals surface area contributed by atoms with Crippen LogP contribution in [0.2, 0.25) is 0 Å². The van der Waals surface area contributed by atoms with Crippen molar-refractivity contribution in [2.75, 3.05) is 5.32 Å². The second kappa shape index (κ2) is 5.40. The van der Waals surface area contributed by atoms with E-state index < -0.39 is 0 Å². The van der Waals surface area contributed by atoms with Gasteiger partial charge in [0.15, 0.2) is 5.76 Å². The van der Waals surface area contributed by atoms with E-state index in [2.05, 4.69) is 16.5 Å². The zero-order valence-corrected chi connectivity index (χ0v) is 10.8. The molecular formula is C13H14N4O2. The maximum Gasteiger partial charge on any atom is 0.292 e. The number of rotatable bonds is 4. The minimum atomic E-state index is -0.319. The molecule has 0 aliphatic carbocycles. The highest BCUT2D eigenvalue weighted by atomic mass is 16.3. The van der Waals surface area contributed by atoms with E-state index in [0.29, 0.717) is 18.8 Å². The van der Waals surface area contributed by atoms with Crippen molar-refractivity contribution >= 4 is 11.7 Å². The van der Waals surface area contributed by atoms with E-state index in [1.54, 1.807) is 23.7 Å². The normalized spacial score (nSPS) is 10.2. The molecule has 0 aliphatic rings. The summed E-state index contributed by atoms with van der Waals surface area (Å²) in [6, 6.07) is 5.54. The predicted molar refractivity (Wildman–Crippen MR) is 68.6 cm³/mol. The van der Waals surface area contributed by atoms with Crippen LogP contribution in [0.15, 0.2) is 22.8 Å². The van der Waals surface area contributed by atoms with E-state index in [4.69, 9.17) is 9.68 Å². The van der Waals surface area contributed by atoms with Crippen LogP contribution in [0, 0.1) is 25.2 Å². The monoisotopic (exact) mass is 258 g/mol. The Bertz CT molecular complexity index is 633. The first kappa shape index (κ1) is 12.9. The second-order valence-corrected chi connectivity index (χ2v) is 4.19. The van der Waals surface area contributed by atoms with E-state index in [0.717, 1.165) is 11.3 Å². The van der Waals surface area contributed by atoms with Gasteiger partial charge >= 0.3 is 0 Å². The van der Waals surface area contributed by atoms with E-state index in [-0.39, 0.29) is 11.7 Å². The van der Waals surface area contributed by atoms with Gasteiger partial charge in [0, 0.05) is 11.6 Å². The lowest BCUT2D eigenvalue weighted by atomic mass is 10.3. The molecule has 0 aromatic carbocycles. The van der Waals surface area contributed by atoms with Crippen LogP contribution in [0.3, 0.4) is 0 Å². The van der Waals surface area contributed by atoms with Gasteiger partial charge in [-0.3, -0.25) is 4.79 Å². The van der Waals surface area contributed by atoms with Crippen molar-refractivity contribution in [3.05, 3.63) is 35.4 Å². The molecule has 2 heterocycles. The topological polar surface area (TPSA) is 83.9 Å². The summed E-state index contributed by atoms with van der Waals surface area (Å²) >= 11 is 0. The maximum atomic E-state index is 12.0. The number of amides is 1. The van der Waals surface area contributed by atoms with E-state index in [1.165, 1.54) is 6.26 Å². The number of aromatic nitrogens is 2. The Morgan fingerprint density at radius 1 is 1.58 bits per heavy atom. The smallest absolute Gasteiger partial charge is 0.292 e. The molecule has 0 aliphatic heterocycles. The van der Waals surface area contributed by atoms with Gasteiger partial charge in [-0.1, -0.05) is 0 Å². The molecule has 0 saturated heterocycles. The summed E-state index contributed by atoms with van der Waals surface area (Å²) in [5, 5.41) is 15.6. The number of carbonyl (C=O) groups excluding carboxylic acids is 1. The standard InChI is InChI=1S/C13H14N4O2/c1-9-4-7-19-12(9)13(18)15-11-8-10(2)16-17(11)6-3-5-14/h4,7-8H,3,6H2,1-2H3,(H,15,18). The fourth-order valence-corrected chi connectivity index (χ4v) is 1.75. The zero-order valence-electron chi connectivity index (χ0n) is 10.8. The van der Waals surface area contributed by atoms with Crippen molar-refractivity contribution in [2.24, 2.45) is 0 Å². The first-order valence-electron chi connectivity index (χ1n) is 5.88. The second-order valence-electron chi connectivity index (χ2n) is 4.19. The van der Waals surface area contributed by atoms with Crippen LogP contribution < -0.4 is 5.32 Å². The highest BCUT2D eigenvalue weighted by Gasteiger charge is 2.15. The summed E-state index contributed by atoms with van der Waals surface area (Å²) in [5.74, 6) is 0.528. The van der Waals surface area contributed by atoms with Crippen LogP contribution in [0.4, 0.5) is 5.82 Å². The van der Waals surface area contributed by atoms with Crippen molar-refractivity contribution in [3.63, 3.8) is 0 Å². The Kier molecular flexibility index (Phi) is 3.66. The number of furan rings is 1. The minimum absolute atomic E-state index is 0.283. The van der Waals surface area contributed by atoms with Crippen LogP contribution in [0.1, 0.15) is 28.2 Å². The van der Waals surface area contributed by atoms with E-state index >= 15 is 0 Å². The number of aryl methyl sites for hydroxylation is 3. The molecule has 98 valence electrons. The molecule has 6 nitrogen and oxygen atoms in total. The lowest BCUT2D eigenvalue weighted by Gasteiger charge is -2.06.